The topological polar surface area (TPSA) is 166 Å². The number of allylic oxidation sites excluding steroid dienone is 8. The van der Waals surface area contributed by atoms with Gasteiger partial charge in [0.05, 0.1) is 48.8 Å². The van der Waals surface area contributed by atoms with Crippen molar-refractivity contribution < 1.29 is 49.6 Å². The molecule has 0 amide bonds. The number of ether oxygens (including phenoxy) is 3. The molecule has 6 N–H and O–H groups in total. The van der Waals surface area contributed by atoms with Crippen LogP contribution in [0.25, 0.3) is 0 Å². The Morgan fingerprint density at radius 2 is 1.31 bits per heavy atom. The van der Waals surface area contributed by atoms with Crippen LogP contribution in [0.1, 0.15) is 85.5 Å². The van der Waals surface area contributed by atoms with Crippen LogP contribution in [0, 0.1) is 11.8 Å². The monoisotopic (exact) mass is 674 g/mol. The molecule has 0 aromatic carbocycles. The summed E-state index contributed by atoms with van der Waals surface area (Å²) in [5.74, 6) is -2.16. The third-order valence-corrected chi connectivity index (χ3v) is 9.14. The number of hydrogen-bond acceptors (Lipinski definition) is 10. The lowest BCUT2D eigenvalue weighted by Crippen LogP contribution is -2.54. The Labute approximate surface area is 285 Å². The van der Waals surface area contributed by atoms with Gasteiger partial charge in [-0.15, -0.1) is 0 Å². The van der Waals surface area contributed by atoms with Gasteiger partial charge in [-0.1, -0.05) is 87.6 Å². The second kappa shape index (κ2) is 19.7. The third-order valence-electron chi connectivity index (χ3n) is 9.14. The molecule has 10 nitrogen and oxygen atoms in total. The molecule has 0 aliphatic carbocycles. The first-order valence-electron chi connectivity index (χ1n) is 17.4. The second-order valence-electron chi connectivity index (χ2n) is 14.0. The van der Waals surface area contributed by atoms with Gasteiger partial charge in [-0.3, -0.25) is 0 Å². The van der Waals surface area contributed by atoms with E-state index < -0.39 is 66.5 Å². The molecule has 270 valence electrons. The Balaban J connectivity index is 1.75. The molecule has 3 bridgehead atoms. The van der Waals surface area contributed by atoms with Crippen molar-refractivity contribution in [2.45, 2.75) is 146 Å². The van der Waals surface area contributed by atoms with Crippen LogP contribution in [-0.2, 0) is 19.0 Å². The summed E-state index contributed by atoms with van der Waals surface area (Å²) in [5, 5.41) is 64.0. The van der Waals surface area contributed by atoms with Crippen molar-refractivity contribution in [3.63, 3.8) is 0 Å². The van der Waals surface area contributed by atoms with Crippen molar-refractivity contribution in [3.05, 3.63) is 72.4 Å². The number of rotatable bonds is 1. The standard InChI is InChI=1S/C38H58O10/c1-25(2)36-27(4)35(44)22-30(41)19-29(40)18-28(39)15-13-17-34-21-32(43)24-38(48-34)23-31(42)20-33(47-38)16-12-10-8-6-5-7-9-11-14-26(3)37(45)46-36/h5-14,17,25,27-36,39-44H,15-16,18-24H2,1-4H3. The molecule has 48 heavy (non-hydrogen) atoms. The van der Waals surface area contributed by atoms with Gasteiger partial charge in [0, 0.05) is 37.2 Å². The first kappa shape index (κ1) is 40.0. The van der Waals surface area contributed by atoms with Crippen LogP contribution in [0.3, 0.4) is 0 Å². The molecule has 2 fully saturated rings. The molecule has 2 saturated heterocycles. The van der Waals surface area contributed by atoms with Crippen LogP contribution >= 0.6 is 0 Å². The van der Waals surface area contributed by atoms with E-state index in [1.807, 2.05) is 50.3 Å². The van der Waals surface area contributed by atoms with E-state index >= 15 is 0 Å². The average molecular weight is 675 g/mol. The van der Waals surface area contributed by atoms with Crippen LogP contribution in [0.2, 0.25) is 0 Å². The maximum absolute atomic E-state index is 12.8. The third kappa shape index (κ3) is 13.5. The molecular formula is C38H58O10. The summed E-state index contributed by atoms with van der Waals surface area (Å²) in [5.41, 5.74) is 0.405. The number of fused-ring (bicyclic) bond motifs is 2. The molecule has 0 aromatic rings. The summed E-state index contributed by atoms with van der Waals surface area (Å²) >= 11 is 0. The van der Waals surface area contributed by atoms with Crippen molar-refractivity contribution in [2.24, 2.45) is 11.8 Å². The number of carbonyl (C=O) groups excluding carboxylic acids is 1. The van der Waals surface area contributed by atoms with Crippen LogP contribution < -0.4 is 0 Å². The van der Waals surface area contributed by atoms with Crippen molar-refractivity contribution in [2.75, 3.05) is 0 Å². The van der Waals surface area contributed by atoms with E-state index in [2.05, 4.69) is 0 Å². The number of hydrogen-bond donors (Lipinski definition) is 6. The number of carbonyl (C=O) groups is 1. The Hall–Kier alpha value is -2.41. The average Bonchev–Trinajstić information content (AvgIpc) is 2.98. The summed E-state index contributed by atoms with van der Waals surface area (Å²) in [6, 6.07) is 0. The first-order valence-corrected chi connectivity index (χ1v) is 17.4. The van der Waals surface area contributed by atoms with Gasteiger partial charge in [-0.05, 0) is 44.9 Å². The fourth-order valence-electron chi connectivity index (χ4n) is 6.68. The lowest BCUT2D eigenvalue weighted by Gasteiger charge is -2.48. The van der Waals surface area contributed by atoms with E-state index in [1.165, 1.54) is 0 Å². The SMILES string of the molecule is CC1=CC=CC=CC=CC=CCC2CC(O)CC3(CC(O)CC(C=CCC(O)CC(O)CC(O)CC(O)C(C)C(C(C)C)OC1=O)O3)O2. The van der Waals surface area contributed by atoms with Gasteiger partial charge >= 0.3 is 5.97 Å². The fourth-order valence-corrected chi connectivity index (χ4v) is 6.68. The molecule has 11 atom stereocenters. The van der Waals surface area contributed by atoms with E-state index in [9.17, 15) is 35.4 Å². The summed E-state index contributed by atoms with van der Waals surface area (Å²) < 4.78 is 18.4. The van der Waals surface area contributed by atoms with Gasteiger partial charge in [0.25, 0.3) is 0 Å². The van der Waals surface area contributed by atoms with Crippen molar-refractivity contribution in [1.29, 1.82) is 0 Å². The Bertz CT molecular complexity index is 1170. The van der Waals surface area contributed by atoms with Crippen LogP contribution in [-0.4, -0.2) is 97.3 Å². The molecule has 3 aliphatic heterocycles. The smallest absolute Gasteiger partial charge is 0.334 e. The highest BCUT2D eigenvalue weighted by atomic mass is 16.7. The first-order chi connectivity index (χ1) is 22.8. The number of aliphatic hydroxyl groups is 6. The number of cyclic esters (lactones) is 1. The van der Waals surface area contributed by atoms with Crippen molar-refractivity contribution in [1.82, 2.24) is 0 Å². The molecule has 10 heteroatoms. The summed E-state index contributed by atoms with van der Waals surface area (Å²) in [6.45, 7) is 7.24. The minimum atomic E-state index is -1.11. The van der Waals surface area contributed by atoms with Crippen molar-refractivity contribution in [3.8, 4) is 0 Å². The molecule has 11 unspecified atom stereocenters. The minimum absolute atomic E-state index is 0.0207. The van der Waals surface area contributed by atoms with Crippen LogP contribution in [0.5, 0.6) is 0 Å². The molecule has 0 aromatic heterocycles. The van der Waals surface area contributed by atoms with E-state index in [0.717, 1.165) is 0 Å². The zero-order valence-electron chi connectivity index (χ0n) is 28.9. The predicted octanol–water partition coefficient (Wildman–Crippen LogP) is 4.10. The van der Waals surface area contributed by atoms with Gasteiger partial charge in [0.1, 0.15) is 6.10 Å². The van der Waals surface area contributed by atoms with E-state index in [0.29, 0.717) is 24.8 Å². The molecule has 3 heterocycles. The lowest BCUT2D eigenvalue weighted by atomic mass is 9.86. The number of aliphatic hydroxyl groups excluding tert-OH is 6. The summed E-state index contributed by atoms with van der Waals surface area (Å²) in [7, 11) is 0. The molecule has 1 spiro atoms. The van der Waals surface area contributed by atoms with Gasteiger partial charge in [0.15, 0.2) is 5.79 Å². The van der Waals surface area contributed by atoms with Gasteiger partial charge in [-0.25, -0.2) is 4.79 Å². The van der Waals surface area contributed by atoms with E-state index in [1.54, 1.807) is 44.2 Å². The van der Waals surface area contributed by atoms with Crippen molar-refractivity contribution >= 4 is 5.97 Å². The highest BCUT2D eigenvalue weighted by molar-refractivity contribution is 5.88. The highest BCUT2D eigenvalue weighted by Crippen LogP contribution is 2.40. The van der Waals surface area contributed by atoms with Crippen LogP contribution in [0.15, 0.2) is 72.4 Å². The summed E-state index contributed by atoms with van der Waals surface area (Å²) in [6.07, 6.45) is 15.5. The molecular weight excluding hydrogens is 616 g/mol. The highest BCUT2D eigenvalue weighted by Gasteiger charge is 2.47. The molecule has 3 aliphatic rings. The normalized spacial score (nSPS) is 38.7. The summed E-state index contributed by atoms with van der Waals surface area (Å²) in [4.78, 5) is 12.8. The Morgan fingerprint density at radius 3 is 2.00 bits per heavy atom. The molecule has 0 saturated carbocycles. The van der Waals surface area contributed by atoms with Gasteiger partial charge in [0.2, 0.25) is 0 Å². The maximum atomic E-state index is 12.8. The molecule has 3 rings (SSSR count). The fraction of sp³-hybridized carbons (Fsp3) is 0.658. The Kier molecular flexibility index (Phi) is 16.4. The largest absolute Gasteiger partial charge is 0.458 e. The Morgan fingerprint density at radius 1 is 0.708 bits per heavy atom. The maximum Gasteiger partial charge on any atom is 0.334 e. The minimum Gasteiger partial charge on any atom is -0.458 e. The van der Waals surface area contributed by atoms with E-state index in [4.69, 9.17) is 14.2 Å². The van der Waals surface area contributed by atoms with E-state index in [-0.39, 0.29) is 50.5 Å². The zero-order valence-corrected chi connectivity index (χ0v) is 28.9. The lowest BCUT2D eigenvalue weighted by molar-refractivity contribution is -0.331. The zero-order chi connectivity index (χ0) is 35.3. The second-order valence-corrected chi connectivity index (χ2v) is 14.0. The quantitative estimate of drug-likeness (QED) is 0.176. The van der Waals surface area contributed by atoms with Crippen LogP contribution in [0.4, 0.5) is 0 Å². The predicted molar refractivity (Wildman–Crippen MR) is 183 cm³/mol. The number of esters is 1. The van der Waals surface area contributed by atoms with Gasteiger partial charge < -0.3 is 44.8 Å². The molecule has 0 radical (unpaired) electrons. The van der Waals surface area contributed by atoms with Gasteiger partial charge in [-0.2, -0.15) is 0 Å².